The first-order valence-corrected chi connectivity index (χ1v) is 8.78. The van der Waals surface area contributed by atoms with E-state index in [9.17, 15) is 13.2 Å². The first kappa shape index (κ1) is 15.9. The van der Waals surface area contributed by atoms with E-state index in [0.717, 1.165) is 0 Å². The van der Waals surface area contributed by atoms with Crippen molar-refractivity contribution in [2.24, 2.45) is 0 Å². The Morgan fingerprint density at radius 1 is 1.33 bits per heavy atom. The maximum atomic E-state index is 11.6. The van der Waals surface area contributed by atoms with Crippen LogP contribution in [0.25, 0.3) is 0 Å². The second-order valence-corrected chi connectivity index (χ2v) is 7.47. The molecular weight excluding hydrogens is 316 g/mol. The Kier molecular flexibility index (Phi) is 5.30. The minimum atomic E-state index is -2.98. The van der Waals surface area contributed by atoms with Gasteiger partial charge in [-0.25, -0.2) is 13.2 Å². The summed E-state index contributed by atoms with van der Waals surface area (Å²) in [7, 11) is -2.98. The van der Waals surface area contributed by atoms with E-state index >= 15 is 0 Å². The summed E-state index contributed by atoms with van der Waals surface area (Å²) < 4.78 is 27.9. The molecule has 1 aromatic carbocycles. The molecule has 1 saturated heterocycles. The van der Waals surface area contributed by atoms with Gasteiger partial charge in [0.2, 0.25) is 0 Å². The lowest BCUT2D eigenvalue weighted by Gasteiger charge is -2.12. The van der Waals surface area contributed by atoms with E-state index in [1.807, 2.05) is 0 Å². The van der Waals surface area contributed by atoms with Crippen LogP contribution in [-0.4, -0.2) is 45.1 Å². The Labute approximate surface area is 128 Å². The van der Waals surface area contributed by atoms with Crippen LogP contribution in [0.1, 0.15) is 6.42 Å². The monoisotopic (exact) mass is 332 g/mol. The highest BCUT2D eigenvalue weighted by Gasteiger charge is 2.28. The summed E-state index contributed by atoms with van der Waals surface area (Å²) in [6.07, 6.45) is 0.469. The zero-order valence-electron chi connectivity index (χ0n) is 11.3. The summed E-state index contributed by atoms with van der Waals surface area (Å²) in [5.74, 6) is 0.822. The van der Waals surface area contributed by atoms with Gasteiger partial charge in [0.25, 0.3) is 0 Å². The molecule has 116 valence electrons. The van der Waals surface area contributed by atoms with Crippen molar-refractivity contribution in [2.45, 2.75) is 12.5 Å². The van der Waals surface area contributed by atoms with E-state index in [1.165, 1.54) is 0 Å². The lowest BCUT2D eigenvalue weighted by atomic mass is 10.3. The number of rotatable bonds is 5. The van der Waals surface area contributed by atoms with Crippen LogP contribution >= 0.6 is 11.6 Å². The molecule has 0 spiro atoms. The van der Waals surface area contributed by atoms with Crippen LogP contribution in [0.5, 0.6) is 5.75 Å². The highest BCUT2D eigenvalue weighted by Crippen LogP contribution is 2.15. The molecule has 2 N–H and O–H groups in total. The van der Waals surface area contributed by atoms with E-state index in [1.54, 1.807) is 24.3 Å². The number of carbonyl (C=O) groups is 1. The fourth-order valence-corrected chi connectivity index (χ4v) is 3.81. The summed E-state index contributed by atoms with van der Waals surface area (Å²) in [6, 6.07) is 6.25. The average molecular weight is 333 g/mol. The van der Waals surface area contributed by atoms with Crippen LogP contribution in [0, 0.1) is 0 Å². The van der Waals surface area contributed by atoms with Gasteiger partial charge in [0.1, 0.15) is 12.4 Å². The second kappa shape index (κ2) is 7.00. The van der Waals surface area contributed by atoms with Crippen LogP contribution < -0.4 is 15.4 Å². The Balaban J connectivity index is 1.62. The molecule has 0 radical (unpaired) electrons. The smallest absolute Gasteiger partial charge is 0.315 e. The third-order valence-corrected chi connectivity index (χ3v) is 5.06. The Morgan fingerprint density at radius 2 is 2.05 bits per heavy atom. The molecule has 1 aliphatic rings. The molecular formula is C13H17ClN2O4S. The minimum Gasteiger partial charge on any atom is -0.492 e. The number of carbonyl (C=O) groups excluding carboxylic acids is 1. The van der Waals surface area contributed by atoms with E-state index < -0.39 is 9.84 Å². The summed E-state index contributed by atoms with van der Waals surface area (Å²) in [6.45, 7) is 0.645. The predicted octanol–water partition coefficient (Wildman–Crippen LogP) is 1.21. The van der Waals surface area contributed by atoms with E-state index in [0.29, 0.717) is 30.3 Å². The number of halogens is 1. The van der Waals surface area contributed by atoms with Gasteiger partial charge in [-0.1, -0.05) is 11.6 Å². The molecule has 2 rings (SSSR count). The molecule has 1 heterocycles. The zero-order valence-corrected chi connectivity index (χ0v) is 12.9. The number of amides is 2. The Hall–Kier alpha value is -1.47. The molecule has 6 nitrogen and oxygen atoms in total. The SMILES string of the molecule is O=C(NCCOc1ccc(Cl)cc1)NC1CCS(=O)(=O)C1. The van der Waals surface area contributed by atoms with Crippen molar-refractivity contribution in [1.82, 2.24) is 10.6 Å². The molecule has 1 atom stereocenters. The van der Waals surface area contributed by atoms with E-state index in [4.69, 9.17) is 16.3 Å². The summed E-state index contributed by atoms with van der Waals surface area (Å²) in [5, 5.41) is 5.89. The number of benzene rings is 1. The lowest BCUT2D eigenvalue weighted by Crippen LogP contribution is -2.43. The number of hydrogen-bond acceptors (Lipinski definition) is 4. The van der Waals surface area contributed by atoms with Gasteiger partial charge in [-0.3, -0.25) is 0 Å². The third-order valence-electron chi connectivity index (χ3n) is 3.04. The molecule has 0 bridgehead atoms. The number of nitrogens with one attached hydrogen (secondary N) is 2. The molecule has 0 saturated carbocycles. The molecule has 0 aliphatic carbocycles. The van der Waals surface area contributed by atoms with Gasteiger partial charge in [0, 0.05) is 11.1 Å². The van der Waals surface area contributed by atoms with Crippen molar-refractivity contribution < 1.29 is 17.9 Å². The van der Waals surface area contributed by atoms with Crippen molar-refractivity contribution in [3.05, 3.63) is 29.3 Å². The van der Waals surface area contributed by atoms with Gasteiger partial charge in [0.05, 0.1) is 18.1 Å². The van der Waals surface area contributed by atoms with Gasteiger partial charge in [0.15, 0.2) is 9.84 Å². The van der Waals surface area contributed by atoms with Gasteiger partial charge < -0.3 is 15.4 Å². The molecule has 1 unspecified atom stereocenters. The third kappa shape index (κ3) is 5.43. The average Bonchev–Trinajstić information content (AvgIpc) is 2.76. The highest BCUT2D eigenvalue weighted by molar-refractivity contribution is 7.91. The van der Waals surface area contributed by atoms with E-state index in [2.05, 4.69) is 10.6 Å². The normalized spacial score (nSPS) is 20.0. The summed E-state index contributed by atoms with van der Waals surface area (Å²) in [5.41, 5.74) is 0. The minimum absolute atomic E-state index is 0.0156. The van der Waals surface area contributed by atoms with Crippen LogP contribution in [0.3, 0.4) is 0 Å². The fourth-order valence-electron chi connectivity index (χ4n) is 2.01. The zero-order chi connectivity index (χ0) is 15.3. The maximum Gasteiger partial charge on any atom is 0.315 e. The largest absolute Gasteiger partial charge is 0.492 e. The molecule has 1 aromatic rings. The first-order valence-electron chi connectivity index (χ1n) is 6.58. The number of urea groups is 1. The van der Waals surface area contributed by atoms with Crippen molar-refractivity contribution >= 4 is 27.5 Å². The van der Waals surface area contributed by atoms with E-state index in [-0.39, 0.29) is 23.6 Å². The lowest BCUT2D eigenvalue weighted by molar-refractivity contribution is 0.233. The standard InChI is InChI=1S/C13H17ClN2O4S/c14-10-1-3-12(4-2-10)20-7-6-15-13(17)16-11-5-8-21(18,19)9-11/h1-4,11H,5-9H2,(H2,15,16,17). The first-order chi connectivity index (χ1) is 9.94. The number of hydrogen-bond donors (Lipinski definition) is 2. The van der Waals surface area contributed by atoms with Gasteiger partial charge in [-0.15, -0.1) is 0 Å². The summed E-state index contributed by atoms with van der Waals surface area (Å²) >= 11 is 5.75. The number of sulfone groups is 1. The molecule has 2 amide bonds. The Morgan fingerprint density at radius 3 is 2.67 bits per heavy atom. The molecule has 8 heteroatoms. The molecule has 0 aromatic heterocycles. The van der Waals surface area contributed by atoms with Gasteiger partial charge in [-0.05, 0) is 30.7 Å². The van der Waals surface area contributed by atoms with Crippen molar-refractivity contribution in [3.63, 3.8) is 0 Å². The van der Waals surface area contributed by atoms with Crippen molar-refractivity contribution in [3.8, 4) is 5.75 Å². The molecule has 1 aliphatic heterocycles. The predicted molar refractivity (Wildman–Crippen MR) is 80.5 cm³/mol. The van der Waals surface area contributed by atoms with Crippen LogP contribution in [0.2, 0.25) is 5.02 Å². The van der Waals surface area contributed by atoms with Crippen LogP contribution in [-0.2, 0) is 9.84 Å². The molecule has 21 heavy (non-hydrogen) atoms. The fraction of sp³-hybridized carbons (Fsp3) is 0.462. The Bertz CT molecular complexity index is 589. The van der Waals surface area contributed by atoms with Crippen molar-refractivity contribution in [2.75, 3.05) is 24.7 Å². The van der Waals surface area contributed by atoms with Crippen molar-refractivity contribution in [1.29, 1.82) is 0 Å². The van der Waals surface area contributed by atoms with Crippen LogP contribution in [0.4, 0.5) is 4.79 Å². The highest BCUT2D eigenvalue weighted by atomic mass is 35.5. The van der Waals surface area contributed by atoms with Gasteiger partial charge >= 0.3 is 6.03 Å². The second-order valence-electron chi connectivity index (χ2n) is 4.80. The maximum absolute atomic E-state index is 11.6. The summed E-state index contributed by atoms with van der Waals surface area (Å²) in [4.78, 5) is 11.6. The molecule has 1 fully saturated rings. The van der Waals surface area contributed by atoms with Crippen LogP contribution in [0.15, 0.2) is 24.3 Å². The number of ether oxygens (including phenoxy) is 1. The quantitative estimate of drug-likeness (QED) is 0.794. The van der Waals surface area contributed by atoms with Gasteiger partial charge in [-0.2, -0.15) is 0 Å². The topological polar surface area (TPSA) is 84.5 Å².